The second kappa shape index (κ2) is 4.71. The third-order valence-electron chi connectivity index (χ3n) is 2.57. The Labute approximate surface area is 101 Å². The Bertz CT molecular complexity index is 534. The number of sulfonamides is 1. The molecule has 1 aromatic rings. The predicted molar refractivity (Wildman–Crippen MR) is 65.3 cm³/mol. The number of benzene rings is 1. The highest BCUT2D eigenvalue weighted by Gasteiger charge is 2.29. The van der Waals surface area contributed by atoms with E-state index in [-0.39, 0.29) is 5.91 Å². The van der Waals surface area contributed by atoms with Crippen molar-refractivity contribution in [1.82, 2.24) is 4.31 Å². The fourth-order valence-electron chi connectivity index (χ4n) is 1.69. The van der Waals surface area contributed by atoms with Crippen LogP contribution in [0, 0.1) is 0 Å². The monoisotopic (exact) mass is 251 g/mol. The quantitative estimate of drug-likeness (QED) is 0.820. The van der Waals surface area contributed by atoms with E-state index in [1.54, 1.807) is 12.1 Å². The summed E-state index contributed by atoms with van der Waals surface area (Å²) < 4.78 is 24.6. The second-order valence-corrected chi connectivity index (χ2v) is 5.57. The minimum Gasteiger partial charge on any atom is -0.274 e. The predicted octanol–water partition coefficient (Wildman–Crippen LogP) is 1.61. The maximum Gasteiger partial charge on any atom is 0.259 e. The Morgan fingerprint density at radius 3 is 2.47 bits per heavy atom. The summed E-state index contributed by atoms with van der Waals surface area (Å²) >= 11 is 0. The zero-order valence-electron chi connectivity index (χ0n) is 9.24. The van der Waals surface area contributed by atoms with Crippen molar-refractivity contribution in [2.45, 2.75) is 12.8 Å². The van der Waals surface area contributed by atoms with Gasteiger partial charge in [0.05, 0.1) is 5.41 Å². The Balaban J connectivity index is 2.18. The molecule has 0 saturated carbocycles. The van der Waals surface area contributed by atoms with Crippen molar-refractivity contribution in [2.75, 3.05) is 6.54 Å². The van der Waals surface area contributed by atoms with E-state index in [0.717, 1.165) is 15.3 Å². The van der Waals surface area contributed by atoms with E-state index in [1.807, 2.05) is 18.2 Å². The Morgan fingerprint density at radius 1 is 1.18 bits per heavy atom. The van der Waals surface area contributed by atoms with Crippen molar-refractivity contribution in [1.29, 1.82) is 0 Å². The molecule has 1 fully saturated rings. The molecule has 1 aromatic carbocycles. The first-order valence-corrected chi connectivity index (χ1v) is 6.89. The van der Waals surface area contributed by atoms with Gasteiger partial charge in [0.2, 0.25) is 5.91 Å². The number of rotatable bonds is 3. The van der Waals surface area contributed by atoms with Gasteiger partial charge < -0.3 is 0 Å². The van der Waals surface area contributed by atoms with Gasteiger partial charge in [0.25, 0.3) is 10.0 Å². The zero-order chi connectivity index (χ0) is 12.3. The van der Waals surface area contributed by atoms with Crippen LogP contribution in [0.2, 0.25) is 0 Å². The van der Waals surface area contributed by atoms with E-state index in [9.17, 15) is 13.2 Å². The maximum atomic E-state index is 11.8. The normalized spacial score (nSPS) is 16.9. The van der Waals surface area contributed by atoms with Crippen LogP contribution in [0.15, 0.2) is 35.7 Å². The lowest BCUT2D eigenvalue weighted by Gasteiger charge is -2.12. The van der Waals surface area contributed by atoms with E-state index in [2.05, 4.69) is 0 Å². The molecule has 4 nitrogen and oxygen atoms in total. The Morgan fingerprint density at radius 2 is 1.88 bits per heavy atom. The lowest BCUT2D eigenvalue weighted by atomic mass is 10.2. The van der Waals surface area contributed by atoms with Gasteiger partial charge in [-0.2, -0.15) is 0 Å². The van der Waals surface area contributed by atoms with Gasteiger partial charge in [0, 0.05) is 13.0 Å². The third kappa shape index (κ3) is 2.74. The lowest BCUT2D eigenvalue weighted by Crippen LogP contribution is -2.30. The van der Waals surface area contributed by atoms with Crippen LogP contribution in [0.5, 0.6) is 0 Å². The number of hydrogen-bond donors (Lipinski definition) is 0. The van der Waals surface area contributed by atoms with Crippen molar-refractivity contribution >= 4 is 22.0 Å². The molecule has 0 bridgehead atoms. The van der Waals surface area contributed by atoms with E-state index >= 15 is 0 Å². The van der Waals surface area contributed by atoms with Gasteiger partial charge in [-0.25, -0.2) is 12.7 Å². The van der Waals surface area contributed by atoms with Crippen LogP contribution in [-0.2, 0) is 14.8 Å². The Kier molecular flexibility index (Phi) is 3.28. The molecule has 5 heteroatoms. The van der Waals surface area contributed by atoms with E-state index in [1.165, 1.54) is 6.08 Å². The van der Waals surface area contributed by atoms with Crippen molar-refractivity contribution in [3.8, 4) is 0 Å². The van der Waals surface area contributed by atoms with Crippen molar-refractivity contribution in [3.05, 3.63) is 41.3 Å². The van der Waals surface area contributed by atoms with Gasteiger partial charge in [-0.3, -0.25) is 4.79 Å². The molecule has 1 saturated heterocycles. The molecule has 17 heavy (non-hydrogen) atoms. The summed E-state index contributed by atoms with van der Waals surface area (Å²) in [5.41, 5.74) is 0.794. The van der Waals surface area contributed by atoms with Crippen molar-refractivity contribution < 1.29 is 13.2 Å². The number of hydrogen-bond acceptors (Lipinski definition) is 3. The standard InChI is InChI=1S/C12H13NO3S/c14-12-7-4-9-13(12)17(15,16)10-8-11-5-2-1-3-6-11/h1-3,5-6,8,10H,4,7,9H2. The molecule has 0 atom stereocenters. The summed E-state index contributed by atoms with van der Waals surface area (Å²) in [5, 5.41) is 1.09. The molecule has 0 aromatic heterocycles. The third-order valence-corrected chi connectivity index (χ3v) is 4.05. The summed E-state index contributed by atoms with van der Waals surface area (Å²) in [6.07, 6.45) is 2.43. The maximum absolute atomic E-state index is 11.8. The fourth-order valence-corrected chi connectivity index (χ4v) is 2.93. The largest absolute Gasteiger partial charge is 0.274 e. The highest BCUT2D eigenvalue weighted by molar-refractivity contribution is 7.92. The smallest absolute Gasteiger partial charge is 0.259 e. The van der Waals surface area contributed by atoms with Gasteiger partial charge in [-0.1, -0.05) is 30.3 Å². The highest BCUT2D eigenvalue weighted by atomic mass is 32.2. The molecule has 0 aliphatic carbocycles. The second-order valence-electron chi connectivity index (χ2n) is 3.83. The summed E-state index contributed by atoms with van der Waals surface area (Å²) in [4.78, 5) is 11.3. The van der Waals surface area contributed by atoms with Gasteiger partial charge in [-0.05, 0) is 18.1 Å². The minimum absolute atomic E-state index is 0.292. The zero-order valence-corrected chi connectivity index (χ0v) is 10.1. The summed E-state index contributed by atoms with van der Waals surface area (Å²) in [6.45, 7) is 0.292. The molecular formula is C12H13NO3S. The first-order chi connectivity index (χ1) is 8.09. The highest BCUT2D eigenvalue weighted by Crippen LogP contribution is 2.16. The number of carbonyl (C=O) groups is 1. The number of amides is 1. The SMILES string of the molecule is O=C1CCCN1S(=O)(=O)C=Cc1ccccc1. The average molecular weight is 251 g/mol. The number of nitrogens with zero attached hydrogens (tertiary/aromatic N) is 1. The number of carbonyl (C=O) groups excluding carboxylic acids is 1. The molecule has 0 spiro atoms. The van der Waals surface area contributed by atoms with Crippen molar-refractivity contribution in [3.63, 3.8) is 0 Å². The van der Waals surface area contributed by atoms with Crippen LogP contribution in [-0.4, -0.2) is 25.2 Å². The molecule has 1 aliphatic heterocycles. The molecular weight excluding hydrogens is 238 g/mol. The van der Waals surface area contributed by atoms with Crippen LogP contribution in [0.25, 0.3) is 6.08 Å². The van der Waals surface area contributed by atoms with E-state index < -0.39 is 10.0 Å². The van der Waals surface area contributed by atoms with Crippen LogP contribution in [0.1, 0.15) is 18.4 Å². The summed E-state index contributed by atoms with van der Waals surface area (Å²) in [5.74, 6) is -0.317. The van der Waals surface area contributed by atoms with Gasteiger partial charge >= 0.3 is 0 Å². The van der Waals surface area contributed by atoms with Crippen LogP contribution >= 0.6 is 0 Å². The topological polar surface area (TPSA) is 54.5 Å². The van der Waals surface area contributed by atoms with Gasteiger partial charge in [0.1, 0.15) is 0 Å². The molecule has 0 N–H and O–H groups in total. The molecule has 0 unspecified atom stereocenters. The van der Waals surface area contributed by atoms with Gasteiger partial charge in [0.15, 0.2) is 0 Å². The molecule has 90 valence electrons. The first-order valence-electron chi connectivity index (χ1n) is 5.38. The average Bonchev–Trinajstić information content (AvgIpc) is 2.75. The molecule has 1 aliphatic rings. The fraction of sp³-hybridized carbons (Fsp3) is 0.250. The van der Waals surface area contributed by atoms with E-state index in [4.69, 9.17) is 0 Å². The van der Waals surface area contributed by atoms with E-state index in [0.29, 0.717) is 19.4 Å². The minimum atomic E-state index is -3.60. The van der Waals surface area contributed by atoms with Crippen LogP contribution in [0.3, 0.4) is 0 Å². The van der Waals surface area contributed by atoms with Gasteiger partial charge in [-0.15, -0.1) is 0 Å². The van der Waals surface area contributed by atoms with Crippen LogP contribution in [0.4, 0.5) is 0 Å². The van der Waals surface area contributed by atoms with Crippen molar-refractivity contribution in [2.24, 2.45) is 0 Å². The first kappa shape index (κ1) is 11.9. The summed E-state index contributed by atoms with van der Waals surface area (Å²) in [7, 11) is -3.60. The lowest BCUT2D eigenvalue weighted by molar-refractivity contribution is -0.123. The molecule has 0 radical (unpaired) electrons. The molecule has 1 heterocycles. The van der Waals surface area contributed by atoms with Crippen LogP contribution < -0.4 is 0 Å². The molecule has 1 amide bonds. The summed E-state index contributed by atoms with van der Waals surface area (Å²) in [6, 6.07) is 9.12. The Hall–Kier alpha value is -1.62. The molecule has 2 rings (SSSR count).